The van der Waals surface area contributed by atoms with Crippen LogP contribution in [0.2, 0.25) is 0 Å². The van der Waals surface area contributed by atoms with E-state index in [0.29, 0.717) is 6.07 Å². The van der Waals surface area contributed by atoms with Gasteiger partial charge in [-0.3, -0.25) is 4.79 Å². The number of amides is 1. The van der Waals surface area contributed by atoms with E-state index < -0.39 is 17.6 Å². The topological polar surface area (TPSA) is 29.1 Å². The molecule has 0 aliphatic heterocycles. The molecule has 20 heavy (non-hydrogen) atoms. The Labute approximate surface area is 114 Å². The Kier molecular flexibility index (Phi) is 3.52. The molecule has 0 aromatic heterocycles. The van der Waals surface area contributed by atoms with Gasteiger partial charge < -0.3 is 5.32 Å². The molecule has 1 aliphatic carbocycles. The van der Waals surface area contributed by atoms with Gasteiger partial charge in [0.05, 0.1) is 5.56 Å². The number of hydrogen-bond donors (Lipinski definition) is 1. The lowest BCUT2D eigenvalue weighted by molar-refractivity contribution is -0.137. The summed E-state index contributed by atoms with van der Waals surface area (Å²) in [5.41, 5.74) is -1.03. The molecule has 1 fully saturated rings. The van der Waals surface area contributed by atoms with Gasteiger partial charge in [-0.1, -0.05) is 19.9 Å². The van der Waals surface area contributed by atoms with Crippen molar-refractivity contribution in [2.45, 2.75) is 33.0 Å². The van der Waals surface area contributed by atoms with Crippen LogP contribution in [0.1, 0.15) is 31.4 Å². The van der Waals surface area contributed by atoms with E-state index in [1.54, 1.807) is 0 Å². The molecule has 0 unspecified atom stereocenters. The maximum atomic E-state index is 13.5. The Morgan fingerprint density at radius 2 is 2.00 bits per heavy atom. The fourth-order valence-corrected chi connectivity index (χ4v) is 2.09. The van der Waals surface area contributed by atoms with E-state index >= 15 is 0 Å². The Morgan fingerprint density at radius 1 is 1.40 bits per heavy atom. The van der Waals surface area contributed by atoms with Crippen molar-refractivity contribution in [3.8, 4) is 0 Å². The zero-order valence-corrected chi connectivity index (χ0v) is 11.1. The molecule has 1 amide bonds. The van der Waals surface area contributed by atoms with Gasteiger partial charge in [0.2, 0.25) is 5.91 Å². The van der Waals surface area contributed by atoms with E-state index in [1.165, 1.54) is 0 Å². The molecule has 110 valence electrons. The first-order chi connectivity index (χ1) is 9.11. The van der Waals surface area contributed by atoms with Crippen LogP contribution in [0.4, 0.5) is 17.6 Å². The lowest BCUT2D eigenvalue weighted by Crippen LogP contribution is -2.26. The predicted molar refractivity (Wildman–Crippen MR) is 65.1 cm³/mol. The highest BCUT2D eigenvalue weighted by molar-refractivity contribution is 5.82. The molecule has 0 bridgehead atoms. The lowest BCUT2D eigenvalue weighted by Gasteiger charge is -2.10. The number of rotatable bonds is 3. The van der Waals surface area contributed by atoms with Crippen molar-refractivity contribution in [1.82, 2.24) is 5.32 Å². The maximum Gasteiger partial charge on any atom is 0.416 e. The smallest absolute Gasteiger partial charge is 0.352 e. The number of benzene rings is 1. The molecule has 6 heteroatoms. The molecule has 1 aromatic rings. The second-order valence-electron chi connectivity index (χ2n) is 5.77. The Morgan fingerprint density at radius 3 is 2.45 bits per heavy atom. The summed E-state index contributed by atoms with van der Waals surface area (Å²) in [6.45, 7) is 3.81. The number of hydrogen-bond acceptors (Lipinski definition) is 1. The second-order valence-corrected chi connectivity index (χ2v) is 5.77. The molecular weight excluding hydrogens is 274 g/mol. The summed E-state index contributed by atoms with van der Waals surface area (Å²) in [5, 5.41) is 2.56. The molecule has 1 aromatic carbocycles. The minimum Gasteiger partial charge on any atom is -0.352 e. The molecule has 1 atom stereocenters. The minimum atomic E-state index is -4.57. The molecule has 2 rings (SSSR count). The number of nitrogens with one attached hydrogen (secondary N) is 1. The molecule has 1 aliphatic rings. The summed E-state index contributed by atoms with van der Waals surface area (Å²) in [5.74, 6) is -1.25. The summed E-state index contributed by atoms with van der Waals surface area (Å²) in [4.78, 5) is 11.7. The Bertz CT molecular complexity index is 536. The monoisotopic (exact) mass is 289 g/mol. The van der Waals surface area contributed by atoms with Crippen LogP contribution in [0.5, 0.6) is 0 Å². The van der Waals surface area contributed by atoms with Gasteiger partial charge in [-0.15, -0.1) is 0 Å². The number of carbonyl (C=O) groups excluding carboxylic acids is 1. The third-order valence-corrected chi connectivity index (χ3v) is 3.66. The number of alkyl halides is 3. The summed E-state index contributed by atoms with van der Waals surface area (Å²) < 4.78 is 50.7. The SMILES string of the molecule is CC1(C)C[C@H]1C(=O)NCc1ccc(C(F)(F)F)cc1F. The third-order valence-electron chi connectivity index (χ3n) is 3.66. The van der Waals surface area contributed by atoms with Crippen molar-refractivity contribution in [3.05, 3.63) is 35.1 Å². The Hall–Kier alpha value is -1.59. The van der Waals surface area contributed by atoms with Crippen LogP contribution in [0.15, 0.2) is 18.2 Å². The van der Waals surface area contributed by atoms with Crippen molar-refractivity contribution in [3.63, 3.8) is 0 Å². The Balaban J connectivity index is 1.99. The molecule has 0 saturated heterocycles. The molecule has 2 nitrogen and oxygen atoms in total. The summed E-state index contributed by atoms with van der Waals surface area (Å²) >= 11 is 0. The number of halogens is 4. The standard InChI is InChI=1S/C14H15F4NO/c1-13(2)6-10(13)12(20)19-7-8-3-4-9(5-11(8)15)14(16,17)18/h3-5,10H,6-7H2,1-2H3,(H,19,20)/t10-/m0/s1. The average molecular weight is 289 g/mol. The van der Waals surface area contributed by atoms with E-state index in [-0.39, 0.29) is 29.3 Å². The highest BCUT2D eigenvalue weighted by atomic mass is 19.4. The number of carbonyl (C=O) groups is 1. The quantitative estimate of drug-likeness (QED) is 0.848. The summed E-state index contributed by atoms with van der Waals surface area (Å²) in [6, 6.07) is 2.31. The van der Waals surface area contributed by atoms with Gasteiger partial charge in [-0.05, 0) is 24.0 Å². The van der Waals surface area contributed by atoms with Crippen molar-refractivity contribution >= 4 is 5.91 Å². The minimum absolute atomic E-state index is 0.0389. The van der Waals surface area contributed by atoms with Gasteiger partial charge in [-0.2, -0.15) is 13.2 Å². The summed E-state index contributed by atoms with van der Waals surface area (Å²) in [6.07, 6.45) is -3.80. The zero-order valence-electron chi connectivity index (χ0n) is 11.1. The van der Waals surface area contributed by atoms with E-state index in [0.717, 1.165) is 18.6 Å². The summed E-state index contributed by atoms with van der Waals surface area (Å²) in [7, 11) is 0. The van der Waals surface area contributed by atoms with Crippen LogP contribution in [-0.4, -0.2) is 5.91 Å². The molecule has 1 saturated carbocycles. The van der Waals surface area contributed by atoms with Crippen molar-refractivity contribution in [2.24, 2.45) is 11.3 Å². The first-order valence-electron chi connectivity index (χ1n) is 6.24. The highest BCUT2D eigenvalue weighted by Crippen LogP contribution is 2.51. The van der Waals surface area contributed by atoms with E-state index in [9.17, 15) is 22.4 Å². The van der Waals surface area contributed by atoms with Gasteiger partial charge in [-0.25, -0.2) is 4.39 Å². The van der Waals surface area contributed by atoms with Crippen LogP contribution >= 0.6 is 0 Å². The molecule has 1 N–H and O–H groups in total. The largest absolute Gasteiger partial charge is 0.416 e. The molecule has 0 heterocycles. The maximum absolute atomic E-state index is 13.5. The average Bonchev–Trinajstić information content (AvgIpc) is 2.95. The fraction of sp³-hybridized carbons (Fsp3) is 0.500. The van der Waals surface area contributed by atoms with Crippen molar-refractivity contribution in [1.29, 1.82) is 0 Å². The van der Waals surface area contributed by atoms with Gasteiger partial charge in [0, 0.05) is 18.0 Å². The van der Waals surface area contributed by atoms with E-state index in [4.69, 9.17) is 0 Å². The lowest BCUT2D eigenvalue weighted by atomic mass is 10.1. The van der Waals surface area contributed by atoms with Gasteiger partial charge in [0.15, 0.2) is 0 Å². The van der Waals surface area contributed by atoms with Gasteiger partial charge in [0.25, 0.3) is 0 Å². The van der Waals surface area contributed by atoms with E-state index in [1.807, 2.05) is 13.8 Å². The zero-order chi connectivity index (χ0) is 15.1. The van der Waals surface area contributed by atoms with Crippen LogP contribution in [0, 0.1) is 17.2 Å². The first kappa shape index (κ1) is 14.8. The van der Waals surface area contributed by atoms with Crippen LogP contribution in [-0.2, 0) is 17.5 Å². The van der Waals surface area contributed by atoms with Gasteiger partial charge in [0.1, 0.15) is 5.82 Å². The predicted octanol–water partition coefficient (Wildman–Crippen LogP) is 3.51. The van der Waals surface area contributed by atoms with Crippen molar-refractivity contribution < 1.29 is 22.4 Å². The highest BCUT2D eigenvalue weighted by Gasteiger charge is 2.50. The van der Waals surface area contributed by atoms with Crippen LogP contribution in [0.25, 0.3) is 0 Å². The molecular formula is C14H15F4NO. The van der Waals surface area contributed by atoms with E-state index in [2.05, 4.69) is 5.32 Å². The van der Waals surface area contributed by atoms with Crippen molar-refractivity contribution in [2.75, 3.05) is 0 Å². The fourth-order valence-electron chi connectivity index (χ4n) is 2.09. The first-order valence-corrected chi connectivity index (χ1v) is 6.24. The second kappa shape index (κ2) is 4.75. The molecule has 0 spiro atoms. The third kappa shape index (κ3) is 3.11. The molecule has 0 radical (unpaired) electrons. The van der Waals surface area contributed by atoms with Crippen LogP contribution < -0.4 is 5.32 Å². The van der Waals surface area contributed by atoms with Gasteiger partial charge >= 0.3 is 6.18 Å². The van der Waals surface area contributed by atoms with Crippen LogP contribution in [0.3, 0.4) is 0 Å². The normalized spacial score (nSPS) is 20.6.